The van der Waals surface area contributed by atoms with Crippen molar-refractivity contribution in [2.75, 3.05) is 0 Å². The summed E-state index contributed by atoms with van der Waals surface area (Å²) >= 11 is 1.75. The Morgan fingerprint density at radius 3 is 2.55 bits per heavy atom. The molecule has 0 fully saturated rings. The van der Waals surface area contributed by atoms with E-state index in [4.69, 9.17) is 6.42 Å². The van der Waals surface area contributed by atoms with Gasteiger partial charge in [0.1, 0.15) is 0 Å². The van der Waals surface area contributed by atoms with Gasteiger partial charge in [-0.15, -0.1) is 17.8 Å². The van der Waals surface area contributed by atoms with Crippen molar-refractivity contribution in [1.29, 1.82) is 0 Å². The molecule has 0 bridgehead atoms. The third-order valence-corrected chi connectivity index (χ3v) is 5.09. The molecular weight excluding hydrogens is 286 g/mol. The largest absolute Gasteiger partial charge is 0.375 e. The van der Waals surface area contributed by atoms with Crippen LogP contribution in [-0.4, -0.2) is 0 Å². The van der Waals surface area contributed by atoms with Crippen molar-refractivity contribution in [3.8, 4) is 22.8 Å². The monoisotopic (exact) mass is 307 g/mol. The molecule has 0 aliphatic rings. The molecule has 0 saturated carbocycles. The summed E-state index contributed by atoms with van der Waals surface area (Å²) < 4.78 is 0. The molecule has 1 heterocycles. The highest BCUT2D eigenvalue weighted by Crippen LogP contribution is 2.38. The van der Waals surface area contributed by atoms with E-state index in [1.165, 1.54) is 9.75 Å². The Morgan fingerprint density at radius 2 is 1.95 bits per heavy atom. The number of nitrogens with one attached hydrogen (secondary N) is 1. The molecule has 1 N–H and O–H groups in total. The molecule has 1 nitrogen and oxygen atoms in total. The van der Waals surface area contributed by atoms with E-state index < -0.39 is 0 Å². The van der Waals surface area contributed by atoms with Crippen molar-refractivity contribution >= 4 is 11.3 Å². The maximum atomic E-state index is 5.49. The van der Waals surface area contributed by atoms with Gasteiger partial charge in [-0.05, 0) is 50.6 Å². The van der Waals surface area contributed by atoms with E-state index in [1.54, 1.807) is 11.3 Å². The first-order valence-corrected chi connectivity index (χ1v) is 7.95. The zero-order valence-electron chi connectivity index (χ0n) is 13.4. The lowest BCUT2D eigenvalue weighted by atomic mass is 9.92. The summed E-state index contributed by atoms with van der Waals surface area (Å²) in [6, 6.07) is 12.3. The van der Waals surface area contributed by atoms with Gasteiger partial charge in [-0.1, -0.05) is 36.8 Å². The van der Waals surface area contributed by atoms with Crippen LogP contribution in [0.5, 0.6) is 0 Å². The van der Waals surface area contributed by atoms with Gasteiger partial charge in [-0.25, -0.2) is 0 Å². The summed E-state index contributed by atoms with van der Waals surface area (Å²) in [7, 11) is 0. The first-order valence-electron chi connectivity index (χ1n) is 7.14. The van der Waals surface area contributed by atoms with Crippen LogP contribution in [0.15, 0.2) is 60.8 Å². The first-order chi connectivity index (χ1) is 10.4. The standard InChI is InChI=1S/C20H21NS/c1-7-16-9-8-10-17(13-16)18-11-12-19(22-18)20(6,14(2)3)21-15(4)5/h1,8-13,21H,2,4H2,3,5-6H3. The predicted molar refractivity (Wildman–Crippen MR) is 97.8 cm³/mol. The fourth-order valence-electron chi connectivity index (χ4n) is 2.33. The van der Waals surface area contributed by atoms with Crippen molar-refractivity contribution in [2.24, 2.45) is 0 Å². The van der Waals surface area contributed by atoms with E-state index in [0.29, 0.717) is 0 Å². The van der Waals surface area contributed by atoms with E-state index in [2.05, 4.69) is 49.5 Å². The van der Waals surface area contributed by atoms with Gasteiger partial charge >= 0.3 is 0 Å². The van der Waals surface area contributed by atoms with Crippen LogP contribution in [0.4, 0.5) is 0 Å². The average Bonchev–Trinajstić information content (AvgIpc) is 2.96. The number of benzene rings is 1. The number of hydrogen-bond donors (Lipinski definition) is 1. The van der Waals surface area contributed by atoms with Crippen molar-refractivity contribution in [3.63, 3.8) is 0 Å². The number of allylic oxidation sites excluding steroid dienone is 1. The lowest BCUT2D eigenvalue weighted by Gasteiger charge is -2.32. The molecule has 0 amide bonds. The maximum Gasteiger partial charge on any atom is 0.0895 e. The Balaban J connectivity index is 2.43. The van der Waals surface area contributed by atoms with Crippen LogP contribution in [0.25, 0.3) is 10.4 Å². The number of rotatable bonds is 5. The molecule has 2 aromatic rings. The molecule has 1 unspecified atom stereocenters. The zero-order chi connectivity index (χ0) is 16.3. The van der Waals surface area contributed by atoms with Crippen LogP contribution in [-0.2, 0) is 5.54 Å². The summed E-state index contributed by atoms with van der Waals surface area (Å²) in [5.74, 6) is 2.69. The molecule has 0 saturated heterocycles. The minimum Gasteiger partial charge on any atom is -0.375 e. The van der Waals surface area contributed by atoms with Gasteiger partial charge < -0.3 is 5.32 Å². The lowest BCUT2D eigenvalue weighted by Crippen LogP contribution is -2.38. The second kappa shape index (κ2) is 6.25. The lowest BCUT2D eigenvalue weighted by molar-refractivity contribution is 0.489. The van der Waals surface area contributed by atoms with E-state index in [1.807, 2.05) is 32.0 Å². The highest BCUT2D eigenvalue weighted by Gasteiger charge is 2.29. The fraction of sp³-hybridized carbons (Fsp3) is 0.200. The second-order valence-corrected chi connectivity index (χ2v) is 6.78. The van der Waals surface area contributed by atoms with Crippen molar-refractivity contribution in [3.05, 3.63) is 71.3 Å². The van der Waals surface area contributed by atoms with Gasteiger partial charge in [0.25, 0.3) is 0 Å². The normalized spacial score (nSPS) is 13.0. The van der Waals surface area contributed by atoms with E-state index >= 15 is 0 Å². The Morgan fingerprint density at radius 1 is 1.23 bits per heavy atom. The number of terminal acetylenes is 1. The Hall–Kier alpha value is -2.24. The summed E-state index contributed by atoms with van der Waals surface area (Å²) in [6.07, 6.45) is 5.49. The van der Waals surface area contributed by atoms with Gasteiger partial charge in [-0.3, -0.25) is 0 Å². The summed E-state index contributed by atoms with van der Waals surface area (Å²) in [5.41, 5.74) is 3.72. The topological polar surface area (TPSA) is 12.0 Å². The van der Waals surface area contributed by atoms with Crippen LogP contribution in [0, 0.1) is 12.3 Å². The molecule has 0 spiro atoms. The average molecular weight is 307 g/mol. The molecule has 1 atom stereocenters. The molecular formula is C20H21NS. The Kier molecular flexibility index (Phi) is 4.59. The highest BCUT2D eigenvalue weighted by atomic mass is 32.1. The van der Waals surface area contributed by atoms with Crippen LogP contribution in [0.1, 0.15) is 31.2 Å². The minimum absolute atomic E-state index is 0.307. The third-order valence-electron chi connectivity index (χ3n) is 3.73. The summed E-state index contributed by atoms with van der Waals surface area (Å²) in [5, 5.41) is 3.44. The molecule has 1 aromatic heterocycles. The first kappa shape index (κ1) is 16.1. The van der Waals surface area contributed by atoms with E-state index in [-0.39, 0.29) is 5.54 Å². The molecule has 0 radical (unpaired) electrons. The fourth-order valence-corrected chi connectivity index (χ4v) is 3.51. The molecule has 0 aliphatic carbocycles. The maximum absolute atomic E-state index is 5.49. The smallest absolute Gasteiger partial charge is 0.0895 e. The predicted octanol–water partition coefficient (Wildman–Crippen LogP) is 5.31. The van der Waals surface area contributed by atoms with Crippen molar-refractivity contribution in [2.45, 2.75) is 26.3 Å². The summed E-state index contributed by atoms with van der Waals surface area (Å²) in [4.78, 5) is 2.41. The number of hydrogen-bond acceptors (Lipinski definition) is 2. The van der Waals surface area contributed by atoms with Crippen molar-refractivity contribution < 1.29 is 0 Å². The van der Waals surface area contributed by atoms with E-state index in [0.717, 1.165) is 22.4 Å². The van der Waals surface area contributed by atoms with E-state index in [9.17, 15) is 0 Å². The van der Waals surface area contributed by atoms with Crippen LogP contribution in [0.2, 0.25) is 0 Å². The zero-order valence-corrected chi connectivity index (χ0v) is 14.2. The summed E-state index contributed by atoms with van der Waals surface area (Å²) in [6.45, 7) is 14.2. The third kappa shape index (κ3) is 3.16. The minimum atomic E-state index is -0.307. The van der Waals surface area contributed by atoms with Gasteiger partial charge in [0, 0.05) is 21.0 Å². The molecule has 2 heteroatoms. The molecule has 2 rings (SSSR count). The van der Waals surface area contributed by atoms with Gasteiger partial charge in [0.15, 0.2) is 0 Å². The van der Waals surface area contributed by atoms with Crippen LogP contribution in [0.3, 0.4) is 0 Å². The van der Waals surface area contributed by atoms with Crippen molar-refractivity contribution in [1.82, 2.24) is 5.32 Å². The molecule has 1 aromatic carbocycles. The number of thiophene rings is 1. The molecule has 22 heavy (non-hydrogen) atoms. The van der Waals surface area contributed by atoms with Gasteiger partial charge in [0.05, 0.1) is 5.54 Å². The SMILES string of the molecule is C#Cc1cccc(-c2ccc(C(C)(NC(=C)C)C(=C)C)s2)c1. The Bertz CT molecular complexity index is 760. The molecule has 112 valence electrons. The highest BCUT2D eigenvalue weighted by molar-refractivity contribution is 7.15. The Labute approximate surface area is 137 Å². The van der Waals surface area contributed by atoms with Crippen LogP contribution >= 0.6 is 11.3 Å². The quantitative estimate of drug-likeness (QED) is 0.583. The van der Waals surface area contributed by atoms with Gasteiger partial charge in [-0.2, -0.15) is 0 Å². The van der Waals surface area contributed by atoms with Gasteiger partial charge in [0.2, 0.25) is 0 Å². The second-order valence-electron chi connectivity index (χ2n) is 5.70. The van der Waals surface area contributed by atoms with Crippen LogP contribution < -0.4 is 5.32 Å². The molecule has 0 aliphatic heterocycles.